The van der Waals surface area contributed by atoms with Gasteiger partial charge >= 0.3 is 0 Å². The first-order valence-corrected chi connectivity index (χ1v) is 12.0. The Hall–Kier alpha value is -2.10. The van der Waals surface area contributed by atoms with Gasteiger partial charge in [0, 0.05) is 55.7 Å². The average Bonchev–Trinajstić information content (AvgIpc) is 3.44. The van der Waals surface area contributed by atoms with Gasteiger partial charge in [-0.25, -0.2) is 9.97 Å². The highest BCUT2D eigenvalue weighted by Crippen LogP contribution is 2.31. The molecule has 10 heteroatoms. The molecule has 2 aromatic heterocycles. The number of halogens is 2. The van der Waals surface area contributed by atoms with Gasteiger partial charge in [-0.2, -0.15) is 5.10 Å². The third kappa shape index (κ3) is 4.58. The number of likely N-dealkylation sites (tertiary alicyclic amines) is 1. The lowest BCUT2D eigenvalue weighted by Crippen LogP contribution is -2.47. The maximum absolute atomic E-state index is 6.45. The summed E-state index contributed by atoms with van der Waals surface area (Å²) in [6, 6.07) is 6.28. The Bertz CT molecular complexity index is 1040. The van der Waals surface area contributed by atoms with Gasteiger partial charge in [0.2, 0.25) is 0 Å². The predicted molar refractivity (Wildman–Crippen MR) is 129 cm³/mol. The number of nitrogens with one attached hydrogen (secondary N) is 2. The highest BCUT2D eigenvalue weighted by atomic mass is 79.9. The summed E-state index contributed by atoms with van der Waals surface area (Å²) in [4.78, 5) is 16.0. The van der Waals surface area contributed by atoms with Gasteiger partial charge in [0.1, 0.15) is 16.7 Å². The van der Waals surface area contributed by atoms with E-state index < -0.39 is 0 Å². The van der Waals surface area contributed by atoms with Crippen molar-refractivity contribution in [1.82, 2.24) is 25.1 Å². The second-order valence-electron chi connectivity index (χ2n) is 8.08. The molecule has 0 aliphatic carbocycles. The molecule has 2 fully saturated rings. The number of aromatic amines is 1. The molecule has 0 spiro atoms. The van der Waals surface area contributed by atoms with E-state index in [1.807, 2.05) is 6.07 Å². The number of benzene rings is 1. The zero-order chi connectivity index (χ0) is 21.2. The fourth-order valence-electron chi connectivity index (χ4n) is 4.45. The maximum atomic E-state index is 6.45. The van der Waals surface area contributed by atoms with E-state index in [0.29, 0.717) is 0 Å². The van der Waals surface area contributed by atoms with E-state index in [-0.39, 0.29) is 0 Å². The fourth-order valence-corrected chi connectivity index (χ4v) is 5.13. The van der Waals surface area contributed by atoms with Gasteiger partial charge < -0.3 is 20.0 Å². The first-order valence-electron chi connectivity index (χ1n) is 10.8. The molecule has 0 radical (unpaired) electrons. The minimum atomic E-state index is 0.749. The predicted octanol–water partition coefficient (Wildman–Crippen LogP) is 3.60. The lowest BCUT2D eigenvalue weighted by Gasteiger charge is -2.37. The molecule has 5 rings (SSSR count). The largest absolute Gasteiger partial charge is 0.384 e. The molecule has 0 amide bonds. The molecule has 0 atom stereocenters. The first-order chi connectivity index (χ1) is 15.2. The van der Waals surface area contributed by atoms with Crippen LogP contribution >= 0.6 is 27.5 Å². The van der Waals surface area contributed by atoms with Crippen LogP contribution in [0.25, 0.3) is 11.0 Å². The Kier molecular flexibility index (Phi) is 6.15. The number of aromatic nitrogens is 4. The molecule has 0 bridgehead atoms. The summed E-state index contributed by atoms with van der Waals surface area (Å²) in [5, 5.41) is 12.4. The number of hydrogen-bond acceptors (Lipinski definition) is 7. The molecule has 0 saturated carbocycles. The number of hydrogen-bond donors (Lipinski definition) is 2. The van der Waals surface area contributed by atoms with Gasteiger partial charge in [-0.1, -0.05) is 11.6 Å². The van der Waals surface area contributed by atoms with Gasteiger partial charge in [0.05, 0.1) is 5.39 Å². The standard InChI is InChI=1S/C21H26BrClN8/c22-19-18-20(28-27-19)25-14-26-21(18)31-9-7-30(8-10-31)17-12-15(23)11-16(13-17)24-3-6-29-4-1-2-5-29/h11-14,24H,1-10H2,(H,25,26,27,28). The van der Waals surface area contributed by atoms with E-state index in [4.69, 9.17) is 11.6 Å². The van der Waals surface area contributed by atoms with Crippen LogP contribution in [0.5, 0.6) is 0 Å². The van der Waals surface area contributed by atoms with Crippen molar-refractivity contribution in [2.45, 2.75) is 12.8 Å². The van der Waals surface area contributed by atoms with Crippen molar-refractivity contribution in [1.29, 1.82) is 0 Å². The van der Waals surface area contributed by atoms with Crippen LogP contribution in [0.2, 0.25) is 5.02 Å². The third-order valence-electron chi connectivity index (χ3n) is 6.08. The summed E-state index contributed by atoms with van der Waals surface area (Å²) in [5.74, 6) is 0.917. The topological polar surface area (TPSA) is 76.2 Å². The number of nitrogens with zero attached hydrogens (tertiary/aromatic N) is 6. The summed E-state index contributed by atoms with van der Waals surface area (Å²) in [7, 11) is 0. The first kappa shape index (κ1) is 20.8. The molecular formula is C21H26BrClN8. The molecule has 4 heterocycles. The van der Waals surface area contributed by atoms with Crippen molar-refractivity contribution < 1.29 is 0 Å². The van der Waals surface area contributed by atoms with Crippen LogP contribution in [-0.4, -0.2) is 77.4 Å². The van der Waals surface area contributed by atoms with Gasteiger partial charge in [-0.3, -0.25) is 5.10 Å². The third-order valence-corrected chi connectivity index (χ3v) is 6.87. The van der Waals surface area contributed by atoms with E-state index in [0.717, 1.165) is 77.1 Å². The molecule has 2 N–H and O–H groups in total. The smallest absolute Gasteiger partial charge is 0.161 e. The van der Waals surface area contributed by atoms with Crippen LogP contribution in [0.15, 0.2) is 29.1 Å². The van der Waals surface area contributed by atoms with E-state index in [9.17, 15) is 0 Å². The highest BCUT2D eigenvalue weighted by Gasteiger charge is 2.22. The van der Waals surface area contributed by atoms with Crippen LogP contribution in [0.1, 0.15) is 12.8 Å². The molecular weight excluding hydrogens is 480 g/mol. The zero-order valence-corrected chi connectivity index (χ0v) is 19.7. The van der Waals surface area contributed by atoms with Crippen molar-refractivity contribution in [2.75, 3.05) is 67.5 Å². The maximum Gasteiger partial charge on any atom is 0.161 e. The number of piperazine rings is 1. The van der Waals surface area contributed by atoms with Crippen molar-refractivity contribution >= 4 is 55.8 Å². The Morgan fingerprint density at radius 3 is 2.58 bits per heavy atom. The summed E-state index contributed by atoms with van der Waals surface area (Å²) in [6.45, 7) is 8.00. The average molecular weight is 506 g/mol. The van der Waals surface area contributed by atoms with Gasteiger partial charge in [-0.05, 0) is 60.1 Å². The SMILES string of the molecule is Clc1cc(NCCN2CCCC2)cc(N2CCN(c3ncnc4[nH]nc(Br)c34)CC2)c1. The normalized spacial score (nSPS) is 17.6. The number of fused-ring (bicyclic) bond motifs is 1. The monoisotopic (exact) mass is 504 g/mol. The van der Waals surface area contributed by atoms with Gasteiger partial charge in [-0.15, -0.1) is 0 Å². The zero-order valence-electron chi connectivity index (χ0n) is 17.3. The van der Waals surface area contributed by atoms with Gasteiger partial charge in [0.15, 0.2) is 5.65 Å². The van der Waals surface area contributed by atoms with Crippen molar-refractivity contribution in [3.63, 3.8) is 0 Å². The van der Waals surface area contributed by atoms with Crippen LogP contribution in [-0.2, 0) is 0 Å². The Morgan fingerprint density at radius 1 is 1.00 bits per heavy atom. The van der Waals surface area contributed by atoms with Crippen LogP contribution in [0, 0.1) is 0 Å². The lowest BCUT2D eigenvalue weighted by atomic mass is 10.2. The molecule has 2 aliphatic heterocycles. The quantitative estimate of drug-likeness (QED) is 0.530. The second-order valence-corrected chi connectivity index (χ2v) is 9.27. The minimum Gasteiger partial charge on any atom is -0.384 e. The minimum absolute atomic E-state index is 0.749. The molecule has 3 aromatic rings. The summed E-state index contributed by atoms with van der Waals surface area (Å²) in [6.07, 6.45) is 4.24. The molecule has 2 saturated heterocycles. The van der Waals surface area contributed by atoms with Crippen LogP contribution in [0.3, 0.4) is 0 Å². The van der Waals surface area contributed by atoms with Crippen LogP contribution < -0.4 is 15.1 Å². The number of anilines is 3. The van der Waals surface area contributed by atoms with Crippen molar-refractivity contribution in [3.8, 4) is 0 Å². The Labute approximate surface area is 195 Å². The van der Waals surface area contributed by atoms with E-state index >= 15 is 0 Å². The summed E-state index contributed by atoms with van der Waals surface area (Å²) < 4.78 is 0.750. The van der Waals surface area contributed by atoms with Crippen LogP contribution in [0.4, 0.5) is 17.2 Å². The molecule has 8 nitrogen and oxygen atoms in total. The Morgan fingerprint density at radius 2 is 1.77 bits per heavy atom. The number of H-pyrrole nitrogens is 1. The Balaban J connectivity index is 1.23. The summed E-state index contributed by atoms with van der Waals surface area (Å²) >= 11 is 9.96. The lowest BCUT2D eigenvalue weighted by molar-refractivity contribution is 0.352. The van der Waals surface area contributed by atoms with E-state index in [2.05, 4.69) is 68.2 Å². The highest BCUT2D eigenvalue weighted by molar-refractivity contribution is 9.10. The van der Waals surface area contributed by atoms with E-state index in [1.165, 1.54) is 25.9 Å². The molecule has 164 valence electrons. The fraction of sp³-hybridized carbons (Fsp3) is 0.476. The molecule has 1 aromatic carbocycles. The molecule has 2 aliphatic rings. The van der Waals surface area contributed by atoms with Gasteiger partial charge in [0.25, 0.3) is 0 Å². The number of rotatable bonds is 6. The molecule has 0 unspecified atom stereocenters. The second kappa shape index (κ2) is 9.18. The summed E-state index contributed by atoms with van der Waals surface area (Å²) in [5.41, 5.74) is 3.00. The van der Waals surface area contributed by atoms with Crippen molar-refractivity contribution in [3.05, 3.63) is 34.2 Å². The molecule has 31 heavy (non-hydrogen) atoms. The van der Waals surface area contributed by atoms with Crippen molar-refractivity contribution in [2.24, 2.45) is 0 Å². The van der Waals surface area contributed by atoms with E-state index in [1.54, 1.807) is 6.33 Å².